The summed E-state index contributed by atoms with van der Waals surface area (Å²) in [5.74, 6) is 1.06. The first-order valence-corrected chi connectivity index (χ1v) is 7.87. The molecular weight excluding hydrogens is 270 g/mol. The van der Waals surface area contributed by atoms with Gasteiger partial charge in [0.15, 0.2) is 5.78 Å². The molecule has 0 fully saturated rings. The predicted molar refractivity (Wildman–Crippen MR) is 89.2 cm³/mol. The molecule has 2 aromatic carbocycles. The number of ketones is 1. The van der Waals surface area contributed by atoms with Crippen molar-refractivity contribution in [1.82, 2.24) is 0 Å². The van der Waals surface area contributed by atoms with Crippen LogP contribution in [0, 0.1) is 5.92 Å². The topological polar surface area (TPSA) is 29.1 Å². The minimum Gasteiger partial charge on any atom is -0.378 e. The smallest absolute Gasteiger partial charge is 0.159 e. The molecule has 0 unspecified atom stereocenters. The number of anilines is 1. The Kier molecular flexibility index (Phi) is 3.11. The van der Waals surface area contributed by atoms with Gasteiger partial charge < -0.3 is 5.32 Å². The van der Waals surface area contributed by atoms with Crippen molar-refractivity contribution in [2.75, 3.05) is 5.32 Å². The van der Waals surface area contributed by atoms with E-state index in [2.05, 4.69) is 59.9 Å². The van der Waals surface area contributed by atoms with Gasteiger partial charge in [-0.3, -0.25) is 4.79 Å². The molecule has 1 aliphatic carbocycles. The molecule has 0 amide bonds. The second-order valence-corrected chi connectivity index (χ2v) is 6.24. The maximum atomic E-state index is 11.7. The summed E-state index contributed by atoms with van der Waals surface area (Å²) in [4.78, 5) is 11.7. The third-order valence-electron chi connectivity index (χ3n) is 4.93. The van der Waals surface area contributed by atoms with Crippen LogP contribution in [0.4, 0.5) is 5.69 Å². The summed E-state index contributed by atoms with van der Waals surface area (Å²) in [6.07, 6.45) is 5.67. The van der Waals surface area contributed by atoms with Crippen LogP contribution < -0.4 is 5.32 Å². The van der Waals surface area contributed by atoms with Crippen LogP contribution >= 0.6 is 0 Å². The second-order valence-electron chi connectivity index (χ2n) is 6.24. The van der Waals surface area contributed by atoms with Crippen LogP contribution in [0.5, 0.6) is 0 Å². The molecule has 110 valence electrons. The Morgan fingerprint density at radius 3 is 2.73 bits per heavy atom. The minimum atomic E-state index is 0.131. The first kappa shape index (κ1) is 13.3. The van der Waals surface area contributed by atoms with Crippen LogP contribution in [-0.2, 0) is 0 Å². The highest BCUT2D eigenvalue weighted by Gasteiger charge is 2.37. The monoisotopic (exact) mass is 289 g/mol. The van der Waals surface area contributed by atoms with Crippen molar-refractivity contribution >= 4 is 11.5 Å². The van der Waals surface area contributed by atoms with E-state index in [-0.39, 0.29) is 5.78 Å². The Labute approximate surface area is 130 Å². The maximum Gasteiger partial charge on any atom is 0.159 e. The van der Waals surface area contributed by atoms with Crippen molar-refractivity contribution in [2.24, 2.45) is 5.92 Å². The molecule has 4 rings (SSSR count). The van der Waals surface area contributed by atoms with Crippen molar-refractivity contribution in [3.8, 4) is 0 Å². The van der Waals surface area contributed by atoms with E-state index >= 15 is 0 Å². The summed E-state index contributed by atoms with van der Waals surface area (Å²) < 4.78 is 0. The van der Waals surface area contributed by atoms with Gasteiger partial charge in [-0.25, -0.2) is 0 Å². The maximum absolute atomic E-state index is 11.7. The summed E-state index contributed by atoms with van der Waals surface area (Å²) in [6.45, 7) is 1.63. The van der Waals surface area contributed by atoms with Crippen LogP contribution in [0.3, 0.4) is 0 Å². The normalized spacial score (nSPS) is 25.2. The van der Waals surface area contributed by atoms with Gasteiger partial charge in [-0.15, -0.1) is 0 Å². The standard InChI is InChI=1S/C20H19NO/c1-13(22)15-10-11-19-18(12-15)16-8-5-9-17(16)20(21-19)14-6-3-2-4-7-14/h2-8,10-12,16-17,20-21H,9H2,1H3/t16-,17+,20+/m1/s1. The highest BCUT2D eigenvalue weighted by atomic mass is 16.1. The molecule has 1 aliphatic heterocycles. The highest BCUT2D eigenvalue weighted by molar-refractivity contribution is 5.95. The average molecular weight is 289 g/mol. The molecule has 3 atom stereocenters. The SMILES string of the molecule is CC(=O)c1ccc2c(c1)[C@@H]1C=CC[C@@H]1[C@H](c1ccccc1)N2. The summed E-state index contributed by atoms with van der Waals surface area (Å²) in [6, 6.07) is 17.0. The fourth-order valence-electron chi connectivity index (χ4n) is 3.80. The van der Waals surface area contributed by atoms with Gasteiger partial charge in [-0.1, -0.05) is 42.5 Å². The van der Waals surface area contributed by atoms with Gasteiger partial charge in [0.05, 0.1) is 6.04 Å². The molecule has 0 aromatic heterocycles. The summed E-state index contributed by atoms with van der Waals surface area (Å²) in [5, 5.41) is 3.70. The van der Waals surface area contributed by atoms with E-state index in [1.165, 1.54) is 11.1 Å². The zero-order valence-electron chi connectivity index (χ0n) is 12.6. The van der Waals surface area contributed by atoms with Crippen LogP contribution in [-0.4, -0.2) is 5.78 Å². The number of nitrogens with one attached hydrogen (secondary N) is 1. The van der Waals surface area contributed by atoms with Crippen molar-refractivity contribution in [1.29, 1.82) is 0 Å². The molecule has 1 N–H and O–H groups in total. The van der Waals surface area contributed by atoms with E-state index in [1.807, 2.05) is 6.07 Å². The molecule has 2 heteroatoms. The molecule has 1 heterocycles. The summed E-state index contributed by atoms with van der Waals surface area (Å²) >= 11 is 0. The van der Waals surface area contributed by atoms with Gasteiger partial charge >= 0.3 is 0 Å². The van der Waals surface area contributed by atoms with Gasteiger partial charge in [0.2, 0.25) is 0 Å². The molecule has 2 aliphatic rings. The molecule has 0 spiro atoms. The van der Waals surface area contributed by atoms with Crippen molar-refractivity contribution in [3.05, 3.63) is 77.4 Å². The molecule has 0 saturated carbocycles. The lowest BCUT2D eigenvalue weighted by Crippen LogP contribution is -2.29. The number of hydrogen-bond donors (Lipinski definition) is 1. The van der Waals surface area contributed by atoms with Gasteiger partial charge in [0, 0.05) is 17.2 Å². The summed E-state index contributed by atoms with van der Waals surface area (Å²) in [5.41, 5.74) is 4.56. The molecular formula is C20H19NO. The van der Waals surface area contributed by atoms with Crippen molar-refractivity contribution < 1.29 is 4.79 Å². The highest BCUT2D eigenvalue weighted by Crippen LogP contribution is 2.49. The minimum absolute atomic E-state index is 0.131. The van der Waals surface area contributed by atoms with Crippen LogP contribution in [0.15, 0.2) is 60.7 Å². The second kappa shape index (κ2) is 5.13. The predicted octanol–water partition coefficient (Wildman–Crippen LogP) is 4.72. The Morgan fingerprint density at radius 1 is 1.14 bits per heavy atom. The number of carbonyl (C=O) groups is 1. The van der Waals surface area contributed by atoms with E-state index in [9.17, 15) is 4.79 Å². The van der Waals surface area contributed by atoms with Crippen LogP contribution in [0.2, 0.25) is 0 Å². The largest absolute Gasteiger partial charge is 0.378 e. The molecule has 0 saturated heterocycles. The molecule has 2 aromatic rings. The quantitative estimate of drug-likeness (QED) is 0.640. The van der Waals surface area contributed by atoms with Gasteiger partial charge in [-0.2, -0.15) is 0 Å². The molecule has 0 radical (unpaired) electrons. The molecule has 22 heavy (non-hydrogen) atoms. The lowest BCUT2D eigenvalue weighted by Gasteiger charge is -2.37. The zero-order chi connectivity index (χ0) is 15.1. The van der Waals surface area contributed by atoms with E-state index in [0.29, 0.717) is 17.9 Å². The molecule has 0 bridgehead atoms. The fourth-order valence-corrected chi connectivity index (χ4v) is 3.80. The van der Waals surface area contributed by atoms with E-state index in [1.54, 1.807) is 6.92 Å². The van der Waals surface area contributed by atoms with E-state index in [4.69, 9.17) is 0 Å². The van der Waals surface area contributed by atoms with Gasteiger partial charge in [0.1, 0.15) is 0 Å². The number of Topliss-reactive ketones (excluding diaryl/α,β-unsaturated/α-hetero) is 1. The number of benzene rings is 2. The number of fused-ring (bicyclic) bond motifs is 3. The summed E-state index contributed by atoms with van der Waals surface area (Å²) in [7, 11) is 0. The van der Waals surface area contributed by atoms with Gasteiger partial charge in [-0.05, 0) is 48.6 Å². The first-order chi connectivity index (χ1) is 10.7. The van der Waals surface area contributed by atoms with Crippen LogP contribution in [0.25, 0.3) is 0 Å². The van der Waals surface area contributed by atoms with Crippen molar-refractivity contribution in [2.45, 2.75) is 25.3 Å². The lowest BCUT2D eigenvalue weighted by molar-refractivity contribution is 0.101. The Balaban J connectivity index is 1.79. The fraction of sp³-hybridized carbons (Fsp3) is 0.250. The van der Waals surface area contributed by atoms with Gasteiger partial charge in [0.25, 0.3) is 0 Å². The Hall–Kier alpha value is -2.35. The molecule has 2 nitrogen and oxygen atoms in total. The number of hydrogen-bond acceptors (Lipinski definition) is 2. The number of rotatable bonds is 2. The number of carbonyl (C=O) groups excluding carboxylic acids is 1. The third kappa shape index (κ3) is 2.07. The average Bonchev–Trinajstić information content (AvgIpc) is 3.04. The Morgan fingerprint density at radius 2 is 1.95 bits per heavy atom. The van der Waals surface area contributed by atoms with Crippen LogP contribution in [0.1, 0.15) is 46.8 Å². The lowest BCUT2D eigenvalue weighted by atomic mass is 9.76. The van der Waals surface area contributed by atoms with E-state index < -0.39 is 0 Å². The first-order valence-electron chi connectivity index (χ1n) is 7.87. The Bertz CT molecular complexity index is 748. The number of allylic oxidation sites excluding steroid dienone is 2. The third-order valence-corrected chi connectivity index (χ3v) is 4.93. The van der Waals surface area contributed by atoms with Crippen molar-refractivity contribution in [3.63, 3.8) is 0 Å². The zero-order valence-corrected chi connectivity index (χ0v) is 12.6. The van der Waals surface area contributed by atoms with E-state index in [0.717, 1.165) is 17.7 Å².